The van der Waals surface area contributed by atoms with E-state index in [1.807, 2.05) is 30.3 Å². The molecule has 150 valence electrons. The predicted octanol–water partition coefficient (Wildman–Crippen LogP) is 4.69. The van der Waals surface area contributed by atoms with Crippen molar-refractivity contribution in [1.82, 2.24) is 4.72 Å². The maximum Gasteiger partial charge on any atom is 0.255 e. The molecule has 0 atom stereocenters. The number of halogens is 1. The van der Waals surface area contributed by atoms with Gasteiger partial charge in [0.15, 0.2) is 0 Å². The van der Waals surface area contributed by atoms with Gasteiger partial charge in [-0.3, -0.25) is 4.79 Å². The summed E-state index contributed by atoms with van der Waals surface area (Å²) in [7, 11) is -3.78. The smallest absolute Gasteiger partial charge is 0.255 e. The van der Waals surface area contributed by atoms with Crippen LogP contribution in [0.3, 0.4) is 0 Å². The van der Waals surface area contributed by atoms with Crippen molar-refractivity contribution < 1.29 is 13.2 Å². The number of amides is 1. The number of carbonyl (C=O) groups excluding carboxylic acids is 1. The van der Waals surface area contributed by atoms with Crippen molar-refractivity contribution >= 4 is 33.2 Å². The first kappa shape index (κ1) is 21.0. The Hall–Kier alpha value is -2.67. The minimum absolute atomic E-state index is 0.0731. The third-order valence-corrected chi connectivity index (χ3v) is 6.52. The number of rotatable bonds is 6. The summed E-state index contributed by atoms with van der Waals surface area (Å²) in [6.07, 6.45) is 0. The summed E-state index contributed by atoms with van der Waals surface area (Å²) in [6, 6.07) is 19.1. The monoisotopic (exact) mass is 428 g/mol. The number of hydrogen-bond acceptors (Lipinski definition) is 3. The summed E-state index contributed by atoms with van der Waals surface area (Å²) in [5.74, 6) is -0.408. The molecular formula is C22H21ClN2O3S. The van der Waals surface area contributed by atoms with Crippen LogP contribution in [0.2, 0.25) is 5.02 Å². The zero-order valence-corrected chi connectivity index (χ0v) is 17.6. The summed E-state index contributed by atoms with van der Waals surface area (Å²) >= 11 is 6.10. The Balaban J connectivity index is 1.83. The molecule has 0 spiro atoms. The third kappa shape index (κ3) is 5.03. The molecule has 0 aliphatic rings. The molecule has 7 heteroatoms. The lowest BCUT2D eigenvalue weighted by Gasteiger charge is -2.13. The maximum absolute atomic E-state index is 12.8. The summed E-state index contributed by atoms with van der Waals surface area (Å²) in [5.41, 5.74) is 2.97. The Morgan fingerprint density at radius 1 is 0.966 bits per heavy atom. The second-order valence-electron chi connectivity index (χ2n) is 6.66. The van der Waals surface area contributed by atoms with Gasteiger partial charge in [-0.1, -0.05) is 54.1 Å². The Kier molecular flexibility index (Phi) is 6.37. The summed E-state index contributed by atoms with van der Waals surface area (Å²) < 4.78 is 28.2. The topological polar surface area (TPSA) is 75.3 Å². The van der Waals surface area contributed by atoms with Gasteiger partial charge in [0.05, 0.1) is 4.90 Å². The molecule has 0 saturated carbocycles. The molecule has 0 aliphatic heterocycles. The highest BCUT2D eigenvalue weighted by Gasteiger charge is 2.19. The minimum Gasteiger partial charge on any atom is -0.322 e. The maximum atomic E-state index is 12.8. The molecule has 0 radical (unpaired) electrons. The fourth-order valence-corrected chi connectivity index (χ4v) is 4.28. The van der Waals surface area contributed by atoms with E-state index in [-0.39, 0.29) is 17.0 Å². The standard InChI is InChI=1S/C22H21ClN2O3S/c1-15-11-12-18(22(26)25-20-10-6-9-19(23)16(20)2)13-21(15)29(27,28)24-14-17-7-4-3-5-8-17/h3-13,24H,14H2,1-2H3,(H,25,26). The molecule has 0 fully saturated rings. The summed E-state index contributed by atoms with van der Waals surface area (Å²) in [4.78, 5) is 12.8. The molecule has 0 heterocycles. The van der Waals surface area contributed by atoms with Crippen molar-refractivity contribution in [3.05, 3.63) is 94.0 Å². The minimum atomic E-state index is -3.78. The van der Waals surface area contributed by atoms with Crippen LogP contribution in [0.5, 0.6) is 0 Å². The predicted molar refractivity (Wildman–Crippen MR) is 116 cm³/mol. The molecule has 29 heavy (non-hydrogen) atoms. The zero-order chi connectivity index (χ0) is 21.0. The van der Waals surface area contributed by atoms with Gasteiger partial charge in [-0.2, -0.15) is 0 Å². The van der Waals surface area contributed by atoms with Crippen molar-refractivity contribution in [3.8, 4) is 0 Å². The normalized spacial score (nSPS) is 11.3. The molecule has 3 rings (SSSR count). The van der Waals surface area contributed by atoms with Gasteiger partial charge < -0.3 is 5.32 Å². The van der Waals surface area contributed by atoms with Crippen molar-refractivity contribution in [2.45, 2.75) is 25.3 Å². The highest BCUT2D eigenvalue weighted by Crippen LogP contribution is 2.24. The molecule has 0 aromatic heterocycles. The number of hydrogen-bond donors (Lipinski definition) is 2. The first-order valence-corrected chi connectivity index (χ1v) is 10.8. The van der Waals surface area contributed by atoms with Gasteiger partial charge >= 0.3 is 0 Å². The van der Waals surface area contributed by atoms with Crippen LogP contribution in [0.25, 0.3) is 0 Å². The number of carbonyl (C=O) groups is 1. The SMILES string of the molecule is Cc1ccc(C(=O)Nc2cccc(Cl)c2C)cc1S(=O)(=O)NCc1ccccc1. The van der Waals surface area contributed by atoms with E-state index in [9.17, 15) is 13.2 Å². The molecule has 1 amide bonds. The quantitative estimate of drug-likeness (QED) is 0.598. The van der Waals surface area contributed by atoms with Crippen LogP contribution in [-0.2, 0) is 16.6 Å². The van der Waals surface area contributed by atoms with Gasteiger partial charge in [0, 0.05) is 22.8 Å². The van der Waals surface area contributed by atoms with Gasteiger partial charge in [0.1, 0.15) is 0 Å². The van der Waals surface area contributed by atoms with Crippen LogP contribution in [0, 0.1) is 13.8 Å². The molecule has 2 N–H and O–H groups in total. The second-order valence-corrected chi connectivity index (χ2v) is 8.80. The average molecular weight is 429 g/mol. The van der Waals surface area contributed by atoms with Crippen LogP contribution in [-0.4, -0.2) is 14.3 Å². The Morgan fingerprint density at radius 3 is 2.41 bits per heavy atom. The molecule has 3 aromatic rings. The fraction of sp³-hybridized carbons (Fsp3) is 0.136. The van der Waals surface area contributed by atoms with E-state index >= 15 is 0 Å². The number of anilines is 1. The van der Waals surface area contributed by atoms with Crippen LogP contribution < -0.4 is 10.0 Å². The van der Waals surface area contributed by atoms with Crippen LogP contribution in [0.15, 0.2) is 71.6 Å². The van der Waals surface area contributed by atoms with Crippen molar-refractivity contribution in [2.75, 3.05) is 5.32 Å². The van der Waals surface area contributed by atoms with Crippen LogP contribution >= 0.6 is 11.6 Å². The zero-order valence-electron chi connectivity index (χ0n) is 16.1. The van der Waals surface area contributed by atoms with E-state index in [2.05, 4.69) is 10.0 Å². The van der Waals surface area contributed by atoms with Gasteiger partial charge in [0.25, 0.3) is 5.91 Å². The fourth-order valence-electron chi connectivity index (χ4n) is 2.82. The van der Waals surface area contributed by atoms with E-state index in [0.717, 1.165) is 11.1 Å². The van der Waals surface area contributed by atoms with E-state index in [1.54, 1.807) is 44.2 Å². The molecule has 5 nitrogen and oxygen atoms in total. The Bertz CT molecular complexity index is 1150. The molecule has 0 bridgehead atoms. The first-order valence-electron chi connectivity index (χ1n) is 8.98. The molecule has 0 unspecified atom stereocenters. The van der Waals surface area contributed by atoms with Gasteiger partial charge in [-0.25, -0.2) is 13.1 Å². The summed E-state index contributed by atoms with van der Waals surface area (Å²) in [5, 5.41) is 3.33. The van der Waals surface area contributed by atoms with E-state index in [4.69, 9.17) is 11.6 Å². The highest BCUT2D eigenvalue weighted by atomic mass is 35.5. The lowest BCUT2D eigenvalue weighted by Crippen LogP contribution is -2.24. The van der Waals surface area contributed by atoms with Gasteiger partial charge in [-0.15, -0.1) is 0 Å². The van der Waals surface area contributed by atoms with Gasteiger partial charge in [0.2, 0.25) is 10.0 Å². The molecular weight excluding hydrogens is 408 g/mol. The van der Waals surface area contributed by atoms with Crippen molar-refractivity contribution in [1.29, 1.82) is 0 Å². The van der Waals surface area contributed by atoms with E-state index in [0.29, 0.717) is 16.3 Å². The Morgan fingerprint density at radius 2 is 1.69 bits per heavy atom. The Labute approximate surface area is 175 Å². The van der Waals surface area contributed by atoms with Crippen LogP contribution in [0.1, 0.15) is 27.0 Å². The largest absolute Gasteiger partial charge is 0.322 e. The lowest BCUT2D eigenvalue weighted by molar-refractivity contribution is 0.102. The van der Waals surface area contributed by atoms with Gasteiger partial charge in [-0.05, 0) is 54.8 Å². The van der Waals surface area contributed by atoms with Crippen molar-refractivity contribution in [2.24, 2.45) is 0 Å². The van der Waals surface area contributed by atoms with E-state index < -0.39 is 15.9 Å². The van der Waals surface area contributed by atoms with E-state index in [1.165, 1.54) is 6.07 Å². The first-order chi connectivity index (χ1) is 13.8. The second kappa shape index (κ2) is 8.78. The number of sulfonamides is 1. The van der Waals surface area contributed by atoms with Crippen LogP contribution in [0.4, 0.5) is 5.69 Å². The molecule has 0 saturated heterocycles. The summed E-state index contributed by atoms with van der Waals surface area (Å²) in [6.45, 7) is 3.66. The highest BCUT2D eigenvalue weighted by molar-refractivity contribution is 7.89. The number of aryl methyl sites for hydroxylation is 1. The molecule has 3 aromatic carbocycles. The van der Waals surface area contributed by atoms with Crippen molar-refractivity contribution in [3.63, 3.8) is 0 Å². The lowest BCUT2D eigenvalue weighted by atomic mass is 10.1. The average Bonchev–Trinajstić information content (AvgIpc) is 2.71. The molecule has 0 aliphatic carbocycles. The number of nitrogens with one attached hydrogen (secondary N) is 2. The third-order valence-electron chi connectivity index (χ3n) is 4.56. The number of benzene rings is 3.